The van der Waals surface area contributed by atoms with Gasteiger partial charge in [-0.3, -0.25) is 19.7 Å². The van der Waals surface area contributed by atoms with Crippen LogP contribution in [-0.2, 0) is 9.59 Å². The van der Waals surface area contributed by atoms with Crippen molar-refractivity contribution in [2.45, 2.75) is 6.42 Å². The van der Waals surface area contributed by atoms with Crippen LogP contribution in [0.15, 0.2) is 42.0 Å². The molecule has 0 atom stereocenters. The lowest BCUT2D eigenvalue weighted by Gasteiger charge is -2.14. The van der Waals surface area contributed by atoms with Crippen molar-refractivity contribution in [1.29, 1.82) is 0 Å². The molecular formula is C16H12N2O5S. The molecule has 122 valence electrons. The molecule has 2 aromatic rings. The van der Waals surface area contributed by atoms with Crippen LogP contribution in [0.2, 0.25) is 0 Å². The SMILES string of the molecule is COc1cccc(N2C(=O)C/C(=C\c3ccc([N+](=O)[O-])s3)C2=O)c1. The number of amides is 2. The van der Waals surface area contributed by atoms with Gasteiger partial charge in [-0.05, 0) is 24.3 Å². The Morgan fingerprint density at radius 3 is 2.75 bits per heavy atom. The summed E-state index contributed by atoms with van der Waals surface area (Å²) in [7, 11) is 1.50. The van der Waals surface area contributed by atoms with Crippen LogP contribution in [0.1, 0.15) is 11.3 Å². The zero-order valence-corrected chi connectivity index (χ0v) is 13.4. The van der Waals surface area contributed by atoms with Crippen molar-refractivity contribution in [2.75, 3.05) is 12.0 Å². The number of rotatable bonds is 4. The molecule has 0 saturated carbocycles. The molecule has 1 aromatic carbocycles. The lowest BCUT2D eigenvalue weighted by molar-refractivity contribution is -0.380. The lowest BCUT2D eigenvalue weighted by atomic mass is 10.2. The first-order valence-electron chi connectivity index (χ1n) is 6.95. The van der Waals surface area contributed by atoms with Gasteiger partial charge in [-0.15, -0.1) is 0 Å². The van der Waals surface area contributed by atoms with Crippen molar-refractivity contribution < 1.29 is 19.2 Å². The van der Waals surface area contributed by atoms with Crippen LogP contribution < -0.4 is 9.64 Å². The van der Waals surface area contributed by atoms with E-state index in [1.807, 2.05) is 0 Å². The Morgan fingerprint density at radius 1 is 1.29 bits per heavy atom. The van der Waals surface area contributed by atoms with E-state index in [1.54, 1.807) is 30.3 Å². The largest absolute Gasteiger partial charge is 0.497 e. The minimum atomic E-state index is -0.489. The molecular weight excluding hydrogens is 332 g/mol. The maximum atomic E-state index is 12.5. The van der Waals surface area contributed by atoms with Crippen LogP contribution in [-0.4, -0.2) is 23.8 Å². The number of thiophene rings is 1. The molecule has 3 rings (SSSR count). The van der Waals surface area contributed by atoms with Gasteiger partial charge in [0.2, 0.25) is 5.91 Å². The fraction of sp³-hybridized carbons (Fsp3) is 0.125. The third kappa shape index (κ3) is 2.91. The molecule has 0 unspecified atom stereocenters. The Morgan fingerprint density at radius 2 is 2.08 bits per heavy atom. The highest BCUT2D eigenvalue weighted by atomic mass is 32.1. The van der Waals surface area contributed by atoms with E-state index in [4.69, 9.17) is 4.74 Å². The van der Waals surface area contributed by atoms with Gasteiger partial charge in [0.15, 0.2) is 0 Å². The van der Waals surface area contributed by atoms with Gasteiger partial charge >= 0.3 is 5.00 Å². The summed E-state index contributed by atoms with van der Waals surface area (Å²) in [5.41, 5.74) is 0.740. The van der Waals surface area contributed by atoms with Gasteiger partial charge in [-0.1, -0.05) is 17.4 Å². The zero-order valence-electron chi connectivity index (χ0n) is 12.6. The summed E-state index contributed by atoms with van der Waals surface area (Å²) in [4.78, 5) is 36.6. The van der Waals surface area contributed by atoms with Crippen LogP contribution in [0, 0.1) is 10.1 Å². The number of anilines is 1. The number of hydrogen-bond acceptors (Lipinski definition) is 6. The number of methoxy groups -OCH3 is 1. The van der Waals surface area contributed by atoms with E-state index in [2.05, 4.69) is 0 Å². The number of benzene rings is 1. The van der Waals surface area contributed by atoms with Gasteiger partial charge < -0.3 is 4.74 Å². The third-order valence-electron chi connectivity index (χ3n) is 3.49. The van der Waals surface area contributed by atoms with Gasteiger partial charge in [-0.2, -0.15) is 0 Å². The highest BCUT2D eigenvalue weighted by molar-refractivity contribution is 7.16. The minimum Gasteiger partial charge on any atom is -0.497 e. The molecule has 0 radical (unpaired) electrons. The molecule has 1 aromatic heterocycles. The van der Waals surface area contributed by atoms with Gasteiger partial charge in [0.05, 0.1) is 24.1 Å². The highest BCUT2D eigenvalue weighted by Gasteiger charge is 2.35. The zero-order chi connectivity index (χ0) is 17.3. The van der Waals surface area contributed by atoms with E-state index in [1.165, 1.54) is 19.3 Å². The van der Waals surface area contributed by atoms with Crippen LogP contribution in [0.5, 0.6) is 5.75 Å². The first-order valence-corrected chi connectivity index (χ1v) is 7.77. The molecule has 7 nitrogen and oxygen atoms in total. The average molecular weight is 344 g/mol. The summed E-state index contributed by atoms with van der Waals surface area (Å²) in [5.74, 6) is -0.228. The summed E-state index contributed by atoms with van der Waals surface area (Å²) in [6, 6.07) is 9.60. The summed E-state index contributed by atoms with van der Waals surface area (Å²) < 4.78 is 5.11. The molecule has 0 aliphatic carbocycles. The van der Waals surface area contributed by atoms with Crippen molar-refractivity contribution in [3.63, 3.8) is 0 Å². The van der Waals surface area contributed by atoms with E-state index in [9.17, 15) is 19.7 Å². The van der Waals surface area contributed by atoms with Crippen molar-refractivity contribution in [2.24, 2.45) is 0 Å². The second-order valence-electron chi connectivity index (χ2n) is 5.02. The summed E-state index contributed by atoms with van der Waals surface area (Å²) in [5, 5.41) is 10.7. The highest BCUT2D eigenvalue weighted by Crippen LogP contribution is 2.32. The monoisotopic (exact) mass is 344 g/mol. The quantitative estimate of drug-likeness (QED) is 0.368. The fourth-order valence-corrected chi connectivity index (χ4v) is 3.18. The predicted octanol–water partition coefficient (Wildman–Crippen LogP) is 3.01. The van der Waals surface area contributed by atoms with Crippen LogP contribution >= 0.6 is 11.3 Å². The van der Waals surface area contributed by atoms with Crippen LogP contribution in [0.4, 0.5) is 10.7 Å². The van der Waals surface area contributed by atoms with E-state index >= 15 is 0 Å². The minimum absolute atomic E-state index is 0.0109. The average Bonchev–Trinajstić information content (AvgIpc) is 3.13. The number of nitro groups is 1. The molecule has 1 fully saturated rings. The van der Waals surface area contributed by atoms with Crippen molar-refractivity contribution in [3.8, 4) is 5.75 Å². The van der Waals surface area contributed by atoms with E-state index in [0.29, 0.717) is 21.9 Å². The van der Waals surface area contributed by atoms with Crippen LogP contribution in [0.25, 0.3) is 6.08 Å². The maximum Gasteiger partial charge on any atom is 0.324 e. The Bertz CT molecular complexity index is 871. The smallest absolute Gasteiger partial charge is 0.324 e. The number of carbonyl (C=O) groups excluding carboxylic acids is 2. The molecule has 1 aliphatic heterocycles. The van der Waals surface area contributed by atoms with Crippen molar-refractivity contribution in [1.82, 2.24) is 0 Å². The second kappa shape index (κ2) is 6.25. The molecule has 2 amide bonds. The number of ether oxygens (including phenoxy) is 1. The topological polar surface area (TPSA) is 89.8 Å². The molecule has 0 spiro atoms. The summed E-state index contributed by atoms with van der Waals surface area (Å²) >= 11 is 0.957. The Kier molecular flexibility index (Phi) is 4.13. The molecule has 0 N–H and O–H groups in total. The molecule has 8 heteroatoms. The summed E-state index contributed by atoms with van der Waals surface area (Å²) in [6.07, 6.45) is 1.49. The first kappa shape index (κ1) is 15.9. The number of imide groups is 1. The Hall–Kier alpha value is -3.00. The number of carbonyl (C=O) groups is 2. The van der Waals surface area contributed by atoms with Gasteiger partial charge in [0.1, 0.15) is 5.75 Å². The van der Waals surface area contributed by atoms with Gasteiger partial charge in [-0.25, -0.2) is 4.90 Å². The van der Waals surface area contributed by atoms with E-state index in [0.717, 1.165) is 16.2 Å². The maximum absolute atomic E-state index is 12.5. The van der Waals surface area contributed by atoms with Crippen molar-refractivity contribution in [3.05, 3.63) is 57.0 Å². The van der Waals surface area contributed by atoms with Gasteiger partial charge in [0.25, 0.3) is 5.91 Å². The number of hydrogen-bond donors (Lipinski definition) is 0. The second-order valence-corrected chi connectivity index (χ2v) is 6.11. The van der Waals surface area contributed by atoms with Crippen LogP contribution in [0.3, 0.4) is 0 Å². The standard InChI is InChI=1S/C16H12N2O5S/c1-23-12-4-2-3-11(9-12)17-14(19)8-10(16(17)20)7-13-5-6-15(24-13)18(21)22/h2-7,9H,8H2,1H3/b10-7+. The summed E-state index contributed by atoms with van der Waals surface area (Å²) in [6.45, 7) is 0. The third-order valence-corrected chi connectivity index (χ3v) is 4.47. The van der Waals surface area contributed by atoms with E-state index < -0.39 is 10.8 Å². The molecule has 1 aliphatic rings. The first-order chi connectivity index (χ1) is 11.5. The molecule has 1 saturated heterocycles. The molecule has 24 heavy (non-hydrogen) atoms. The Balaban J connectivity index is 1.90. The predicted molar refractivity (Wildman–Crippen MR) is 89.1 cm³/mol. The normalized spacial score (nSPS) is 16.0. The molecule has 0 bridgehead atoms. The Labute approximate surface area is 140 Å². The van der Waals surface area contributed by atoms with E-state index in [-0.39, 0.29) is 17.3 Å². The van der Waals surface area contributed by atoms with Gasteiger partial charge in [0, 0.05) is 22.6 Å². The number of nitrogens with zero attached hydrogens (tertiary/aromatic N) is 2. The lowest BCUT2D eigenvalue weighted by Crippen LogP contribution is -2.28. The fourth-order valence-electron chi connectivity index (χ4n) is 2.39. The van der Waals surface area contributed by atoms with Crippen molar-refractivity contribution >= 4 is 39.9 Å². The molecule has 2 heterocycles.